The van der Waals surface area contributed by atoms with Gasteiger partial charge in [-0.15, -0.1) is 0 Å². The normalized spacial score (nSPS) is 11.9. The Morgan fingerprint density at radius 1 is 1.47 bits per heavy atom. The Balaban J connectivity index is 2.33. The quantitative estimate of drug-likeness (QED) is 0.815. The number of aromatic nitrogens is 3. The van der Waals surface area contributed by atoms with Crippen LogP contribution in [0.5, 0.6) is 0 Å². The Kier molecular flexibility index (Phi) is 3.74. The van der Waals surface area contributed by atoms with Crippen LogP contribution in [-0.4, -0.2) is 35.0 Å². The van der Waals surface area contributed by atoms with Gasteiger partial charge < -0.3 is 5.73 Å². The standard InChI is InChI=1S/C10H12ClN5O2S/c1-16(5-10-13-6-14-15-10)19(17,18)9-4-7(12)2-3-8(9)11/h2-4,6H,5,12H2,1H3,(H,13,14,15). The lowest BCUT2D eigenvalue weighted by atomic mass is 10.3. The van der Waals surface area contributed by atoms with Gasteiger partial charge in [0.2, 0.25) is 10.0 Å². The number of benzene rings is 1. The summed E-state index contributed by atoms with van der Waals surface area (Å²) < 4.78 is 25.8. The molecule has 1 heterocycles. The number of nitrogens with one attached hydrogen (secondary N) is 1. The van der Waals surface area contributed by atoms with Crippen molar-refractivity contribution in [2.24, 2.45) is 0 Å². The number of rotatable bonds is 4. The minimum Gasteiger partial charge on any atom is -0.399 e. The van der Waals surface area contributed by atoms with E-state index in [0.29, 0.717) is 11.5 Å². The predicted octanol–water partition coefficient (Wildman–Crippen LogP) is 0.861. The van der Waals surface area contributed by atoms with Crippen molar-refractivity contribution in [3.05, 3.63) is 35.4 Å². The molecule has 1 aromatic carbocycles. The van der Waals surface area contributed by atoms with Crippen LogP contribution in [0.25, 0.3) is 0 Å². The average molecular weight is 302 g/mol. The number of sulfonamides is 1. The summed E-state index contributed by atoms with van der Waals surface area (Å²) in [6.07, 6.45) is 1.31. The molecular weight excluding hydrogens is 290 g/mol. The van der Waals surface area contributed by atoms with E-state index in [4.69, 9.17) is 17.3 Å². The molecule has 0 aliphatic rings. The molecule has 0 spiro atoms. The van der Waals surface area contributed by atoms with Gasteiger partial charge in [-0.2, -0.15) is 9.40 Å². The van der Waals surface area contributed by atoms with E-state index >= 15 is 0 Å². The summed E-state index contributed by atoms with van der Waals surface area (Å²) >= 11 is 5.91. The maximum atomic E-state index is 12.4. The molecule has 0 aliphatic heterocycles. The van der Waals surface area contributed by atoms with E-state index in [1.54, 1.807) is 0 Å². The summed E-state index contributed by atoms with van der Waals surface area (Å²) in [7, 11) is -2.31. The van der Waals surface area contributed by atoms with Crippen molar-refractivity contribution >= 4 is 27.3 Å². The first-order valence-electron chi connectivity index (χ1n) is 5.27. The second-order valence-electron chi connectivity index (χ2n) is 3.88. The third kappa shape index (κ3) is 2.86. The molecule has 3 N–H and O–H groups in total. The summed E-state index contributed by atoms with van der Waals surface area (Å²) in [5.74, 6) is 0.436. The smallest absolute Gasteiger partial charge is 0.244 e. The van der Waals surface area contributed by atoms with Crippen LogP contribution in [-0.2, 0) is 16.6 Å². The number of aromatic amines is 1. The zero-order chi connectivity index (χ0) is 14.0. The number of H-pyrrole nitrogens is 1. The first-order valence-corrected chi connectivity index (χ1v) is 7.08. The Hall–Kier alpha value is -1.64. The molecule has 0 bridgehead atoms. The zero-order valence-corrected chi connectivity index (χ0v) is 11.6. The van der Waals surface area contributed by atoms with Crippen LogP contribution in [0.1, 0.15) is 5.82 Å². The number of hydrogen-bond acceptors (Lipinski definition) is 5. The van der Waals surface area contributed by atoms with E-state index in [0.717, 1.165) is 4.31 Å². The van der Waals surface area contributed by atoms with Crippen LogP contribution < -0.4 is 5.73 Å². The third-order valence-electron chi connectivity index (χ3n) is 2.48. The van der Waals surface area contributed by atoms with E-state index in [1.807, 2.05) is 0 Å². The molecule has 102 valence electrons. The van der Waals surface area contributed by atoms with E-state index < -0.39 is 10.0 Å². The molecule has 19 heavy (non-hydrogen) atoms. The molecule has 0 aliphatic carbocycles. The lowest BCUT2D eigenvalue weighted by Gasteiger charge is -2.16. The molecule has 0 amide bonds. The van der Waals surface area contributed by atoms with Crippen LogP contribution in [0.3, 0.4) is 0 Å². The highest BCUT2D eigenvalue weighted by molar-refractivity contribution is 7.89. The maximum Gasteiger partial charge on any atom is 0.244 e. The van der Waals surface area contributed by atoms with E-state index in [-0.39, 0.29) is 16.5 Å². The fourth-order valence-corrected chi connectivity index (χ4v) is 3.13. The highest BCUT2D eigenvalue weighted by Gasteiger charge is 2.24. The van der Waals surface area contributed by atoms with Gasteiger partial charge in [-0.25, -0.2) is 13.4 Å². The van der Waals surface area contributed by atoms with Crippen LogP contribution >= 0.6 is 11.6 Å². The fourth-order valence-electron chi connectivity index (χ4n) is 1.49. The molecular formula is C10H12ClN5O2S. The van der Waals surface area contributed by atoms with Gasteiger partial charge >= 0.3 is 0 Å². The number of anilines is 1. The molecule has 0 saturated heterocycles. The number of nitrogens with two attached hydrogens (primary N) is 1. The van der Waals surface area contributed by atoms with Crippen molar-refractivity contribution in [3.63, 3.8) is 0 Å². The number of hydrogen-bond donors (Lipinski definition) is 2. The van der Waals surface area contributed by atoms with Gasteiger partial charge in [0.1, 0.15) is 17.0 Å². The Bertz CT molecular complexity index is 671. The lowest BCUT2D eigenvalue weighted by Crippen LogP contribution is -2.27. The third-order valence-corrected chi connectivity index (χ3v) is 4.77. The molecule has 0 radical (unpaired) electrons. The van der Waals surface area contributed by atoms with E-state index in [2.05, 4.69) is 15.2 Å². The Morgan fingerprint density at radius 3 is 2.84 bits per heavy atom. The van der Waals surface area contributed by atoms with Crippen LogP contribution in [0.4, 0.5) is 5.69 Å². The summed E-state index contributed by atoms with van der Waals surface area (Å²) in [6, 6.07) is 4.32. The van der Waals surface area contributed by atoms with Gasteiger partial charge in [-0.05, 0) is 18.2 Å². The second kappa shape index (κ2) is 5.16. The molecule has 7 nitrogen and oxygen atoms in total. The molecule has 0 saturated carbocycles. The van der Waals surface area contributed by atoms with Gasteiger partial charge in [0.05, 0.1) is 11.6 Å². The van der Waals surface area contributed by atoms with Crippen molar-refractivity contribution in [1.29, 1.82) is 0 Å². The van der Waals surface area contributed by atoms with Gasteiger partial charge in [0, 0.05) is 12.7 Å². The van der Waals surface area contributed by atoms with Crippen molar-refractivity contribution in [2.45, 2.75) is 11.4 Å². The highest BCUT2D eigenvalue weighted by atomic mass is 35.5. The van der Waals surface area contributed by atoms with Crippen molar-refractivity contribution < 1.29 is 8.42 Å². The zero-order valence-electron chi connectivity index (χ0n) is 10.0. The van der Waals surface area contributed by atoms with Crippen molar-refractivity contribution in [3.8, 4) is 0 Å². The SMILES string of the molecule is CN(Cc1ncn[nH]1)S(=O)(=O)c1cc(N)ccc1Cl. The Morgan fingerprint density at radius 2 is 2.21 bits per heavy atom. The fraction of sp³-hybridized carbons (Fsp3) is 0.200. The maximum absolute atomic E-state index is 12.4. The first-order chi connectivity index (χ1) is 8.91. The van der Waals surface area contributed by atoms with Gasteiger partial charge in [-0.3, -0.25) is 5.10 Å². The predicted molar refractivity (Wildman–Crippen MR) is 70.9 cm³/mol. The van der Waals surface area contributed by atoms with E-state index in [9.17, 15) is 8.42 Å². The summed E-state index contributed by atoms with van der Waals surface area (Å²) in [5.41, 5.74) is 5.92. The minimum atomic E-state index is -3.73. The topological polar surface area (TPSA) is 105 Å². The highest BCUT2D eigenvalue weighted by Crippen LogP contribution is 2.26. The molecule has 1 aromatic heterocycles. The van der Waals surface area contributed by atoms with Crippen molar-refractivity contribution in [1.82, 2.24) is 19.5 Å². The monoisotopic (exact) mass is 301 g/mol. The molecule has 0 unspecified atom stereocenters. The minimum absolute atomic E-state index is 0.0313. The number of nitrogens with zero attached hydrogens (tertiary/aromatic N) is 3. The van der Waals surface area contributed by atoms with Gasteiger partial charge in [0.15, 0.2) is 0 Å². The van der Waals surface area contributed by atoms with Crippen LogP contribution in [0, 0.1) is 0 Å². The summed E-state index contributed by atoms with van der Waals surface area (Å²) in [4.78, 5) is 3.84. The number of nitrogen functional groups attached to an aromatic ring is 1. The largest absolute Gasteiger partial charge is 0.399 e. The molecule has 9 heteroatoms. The number of halogens is 1. The lowest BCUT2D eigenvalue weighted by molar-refractivity contribution is 0.457. The first kappa shape index (κ1) is 13.8. The van der Waals surface area contributed by atoms with Crippen LogP contribution in [0.15, 0.2) is 29.4 Å². The van der Waals surface area contributed by atoms with Gasteiger partial charge in [-0.1, -0.05) is 11.6 Å². The molecule has 0 atom stereocenters. The molecule has 0 fully saturated rings. The van der Waals surface area contributed by atoms with E-state index in [1.165, 1.54) is 31.6 Å². The summed E-state index contributed by atoms with van der Waals surface area (Å²) in [6.45, 7) is 0.0630. The summed E-state index contributed by atoms with van der Waals surface area (Å²) in [5, 5.41) is 6.37. The van der Waals surface area contributed by atoms with Gasteiger partial charge in [0.25, 0.3) is 0 Å². The van der Waals surface area contributed by atoms with Crippen LogP contribution in [0.2, 0.25) is 5.02 Å². The second-order valence-corrected chi connectivity index (χ2v) is 6.30. The Labute approximate surface area is 115 Å². The van der Waals surface area contributed by atoms with Crippen molar-refractivity contribution in [2.75, 3.05) is 12.8 Å². The average Bonchev–Trinajstić information content (AvgIpc) is 2.85. The molecule has 2 rings (SSSR count). The molecule has 2 aromatic rings.